The van der Waals surface area contributed by atoms with Gasteiger partial charge >= 0.3 is 0 Å². The van der Waals surface area contributed by atoms with Gasteiger partial charge in [0, 0.05) is 10.6 Å². The molecule has 82 valence electrons. The molecule has 0 fully saturated rings. The summed E-state index contributed by atoms with van der Waals surface area (Å²) in [5.41, 5.74) is 0.995. The van der Waals surface area contributed by atoms with Crippen LogP contribution in [0, 0.1) is 11.7 Å². The Bertz CT molecular complexity index is 375. The predicted molar refractivity (Wildman–Crippen MR) is 61.6 cm³/mol. The minimum atomic E-state index is -0.382. The second-order valence-electron chi connectivity index (χ2n) is 3.80. The van der Waals surface area contributed by atoms with Gasteiger partial charge in [-0.15, -0.1) is 0 Å². The maximum absolute atomic E-state index is 13.5. The van der Waals surface area contributed by atoms with Crippen molar-refractivity contribution in [3.05, 3.63) is 34.6 Å². The number of hydrogen-bond acceptors (Lipinski definition) is 2. The Balaban J connectivity index is 3.03. The van der Waals surface area contributed by atoms with Crippen LogP contribution in [0.5, 0.6) is 0 Å². The third kappa shape index (κ3) is 3.20. The first kappa shape index (κ1) is 12.0. The molecule has 2 N–H and O–H groups in total. The average molecular weight is 229 g/mol. The van der Waals surface area contributed by atoms with Crippen molar-refractivity contribution in [3.63, 3.8) is 0 Å². The minimum Gasteiger partial charge on any atom is -0.323 e. The smallest absolute Gasteiger partial charge is 0.133 e. The highest BCUT2D eigenvalue weighted by Crippen LogP contribution is 2.18. The Morgan fingerprint density at radius 2 is 2.20 bits per heavy atom. The molecule has 0 aliphatic carbocycles. The van der Waals surface area contributed by atoms with E-state index in [0.717, 1.165) is 0 Å². The number of halogens is 2. The molecule has 0 spiro atoms. The van der Waals surface area contributed by atoms with E-state index in [-0.39, 0.29) is 5.82 Å². The largest absolute Gasteiger partial charge is 0.323 e. The Kier molecular flexibility index (Phi) is 4.09. The first-order valence-electron chi connectivity index (χ1n) is 4.76. The van der Waals surface area contributed by atoms with Crippen molar-refractivity contribution < 1.29 is 4.39 Å². The average Bonchev–Trinajstić information content (AvgIpc) is 2.14. The first-order chi connectivity index (χ1) is 7.04. The molecule has 0 atom stereocenters. The van der Waals surface area contributed by atoms with Gasteiger partial charge in [-0.1, -0.05) is 25.4 Å². The van der Waals surface area contributed by atoms with Crippen molar-refractivity contribution in [2.24, 2.45) is 16.9 Å². The van der Waals surface area contributed by atoms with Gasteiger partial charge in [0.1, 0.15) is 5.82 Å². The van der Waals surface area contributed by atoms with E-state index in [1.54, 1.807) is 12.1 Å². The standard InChI is InChI=1S/C11H14ClFN2/c1-7(2)5-11(15-14)9-4-3-8(12)6-10(9)13/h3-4,6-7H,5,14H2,1-2H3. The van der Waals surface area contributed by atoms with Gasteiger partial charge in [0.05, 0.1) is 5.71 Å². The molecular formula is C11H14ClFN2. The van der Waals surface area contributed by atoms with Crippen LogP contribution < -0.4 is 5.84 Å². The Labute approximate surface area is 93.9 Å². The molecule has 0 aliphatic rings. The third-order valence-electron chi connectivity index (χ3n) is 2.00. The van der Waals surface area contributed by atoms with Gasteiger partial charge in [-0.05, 0) is 30.5 Å². The quantitative estimate of drug-likeness (QED) is 0.482. The van der Waals surface area contributed by atoms with Crippen LogP contribution in [0.1, 0.15) is 25.8 Å². The molecule has 4 heteroatoms. The van der Waals surface area contributed by atoms with Gasteiger partial charge in [-0.3, -0.25) is 0 Å². The van der Waals surface area contributed by atoms with E-state index < -0.39 is 0 Å². The van der Waals surface area contributed by atoms with E-state index in [4.69, 9.17) is 17.4 Å². The summed E-state index contributed by atoms with van der Waals surface area (Å²) in [5.74, 6) is 5.24. The van der Waals surface area contributed by atoms with E-state index in [1.165, 1.54) is 6.07 Å². The molecule has 0 bridgehead atoms. The van der Waals surface area contributed by atoms with Crippen LogP contribution >= 0.6 is 11.6 Å². The van der Waals surface area contributed by atoms with E-state index in [0.29, 0.717) is 28.6 Å². The summed E-state index contributed by atoms with van der Waals surface area (Å²) >= 11 is 5.66. The van der Waals surface area contributed by atoms with Crippen LogP contribution in [0.4, 0.5) is 4.39 Å². The lowest BCUT2D eigenvalue weighted by atomic mass is 10.00. The summed E-state index contributed by atoms with van der Waals surface area (Å²) in [6, 6.07) is 4.50. The van der Waals surface area contributed by atoms with Gasteiger partial charge in [0.2, 0.25) is 0 Å². The highest BCUT2D eigenvalue weighted by Gasteiger charge is 2.11. The summed E-state index contributed by atoms with van der Waals surface area (Å²) in [7, 11) is 0. The molecule has 1 rings (SSSR count). The van der Waals surface area contributed by atoms with Crippen molar-refractivity contribution >= 4 is 17.3 Å². The number of rotatable bonds is 3. The monoisotopic (exact) mass is 228 g/mol. The molecule has 0 aliphatic heterocycles. The van der Waals surface area contributed by atoms with Crippen LogP contribution in [0.3, 0.4) is 0 Å². The molecule has 0 saturated heterocycles. The van der Waals surface area contributed by atoms with Crippen LogP contribution in [-0.2, 0) is 0 Å². The summed E-state index contributed by atoms with van der Waals surface area (Å²) in [6.07, 6.45) is 0.648. The lowest BCUT2D eigenvalue weighted by molar-refractivity contribution is 0.621. The number of nitrogens with zero attached hydrogens (tertiary/aromatic N) is 1. The Morgan fingerprint density at radius 3 is 2.67 bits per heavy atom. The van der Waals surface area contributed by atoms with Crippen molar-refractivity contribution in [1.29, 1.82) is 0 Å². The van der Waals surface area contributed by atoms with Crippen LogP contribution in [0.25, 0.3) is 0 Å². The highest BCUT2D eigenvalue weighted by atomic mass is 35.5. The molecule has 15 heavy (non-hydrogen) atoms. The highest BCUT2D eigenvalue weighted by molar-refractivity contribution is 6.30. The predicted octanol–water partition coefficient (Wildman–Crippen LogP) is 3.19. The summed E-state index contributed by atoms with van der Waals surface area (Å²) in [4.78, 5) is 0. The van der Waals surface area contributed by atoms with Crippen LogP contribution in [-0.4, -0.2) is 5.71 Å². The fourth-order valence-corrected chi connectivity index (χ4v) is 1.50. The molecule has 0 heterocycles. The van der Waals surface area contributed by atoms with Gasteiger partial charge in [0.25, 0.3) is 0 Å². The van der Waals surface area contributed by atoms with Crippen molar-refractivity contribution in [2.75, 3.05) is 0 Å². The van der Waals surface area contributed by atoms with Crippen LogP contribution in [0.15, 0.2) is 23.3 Å². The van der Waals surface area contributed by atoms with E-state index in [2.05, 4.69) is 5.10 Å². The lowest BCUT2D eigenvalue weighted by Crippen LogP contribution is -2.10. The molecule has 0 aromatic heterocycles. The topological polar surface area (TPSA) is 38.4 Å². The number of nitrogens with two attached hydrogens (primary N) is 1. The zero-order chi connectivity index (χ0) is 11.4. The zero-order valence-corrected chi connectivity index (χ0v) is 9.55. The van der Waals surface area contributed by atoms with Crippen molar-refractivity contribution in [1.82, 2.24) is 0 Å². The third-order valence-corrected chi connectivity index (χ3v) is 2.23. The normalized spacial score (nSPS) is 12.2. The van der Waals surface area contributed by atoms with Crippen molar-refractivity contribution in [3.8, 4) is 0 Å². The SMILES string of the molecule is CC(C)CC(=NN)c1ccc(Cl)cc1F. The first-order valence-corrected chi connectivity index (χ1v) is 5.14. The summed E-state index contributed by atoms with van der Waals surface area (Å²) in [6.45, 7) is 4.05. The van der Waals surface area contributed by atoms with Gasteiger partial charge < -0.3 is 5.84 Å². The fourth-order valence-electron chi connectivity index (χ4n) is 1.34. The number of hydrogen-bond donors (Lipinski definition) is 1. The molecule has 2 nitrogen and oxygen atoms in total. The molecule has 0 saturated carbocycles. The molecule has 0 unspecified atom stereocenters. The van der Waals surface area contributed by atoms with E-state index in [1.807, 2.05) is 13.8 Å². The molecule has 1 aromatic carbocycles. The zero-order valence-electron chi connectivity index (χ0n) is 8.80. The maximum atomic E-state index is 13.5. The van der Waals surface area contributed by atoms with Crippen LogP contribution in [0.2, 0.25) is 5.02 Å². The lowest BCUT2D eigenvalue weighted by Gasteiger charge is -2.09. The molecule has 0 radical (unpaired) electrons. The number of hydrazone groups is 1. The van der Waals surface area contributed by atoms with E-state index in [9.17, 15) is 4.39 Å². The second-order valence-corrected chi connectivity index (χ2v) is 4.23. The maximum Gasteiger partial charge on any atom is 0.133 e. The Morgan fingerprint density at radius 1 is 1.53 bits per heavy atom. The molecule has 1 aromatic rings. The summed E-state index contributed by atoms with van der Waals surface area (Å²) < 4.78 is 13.5. The molecule has 0 amide bonds. The van der Waals surface area contributed by atoms with Gasteiger partial charge in [-0.2, -0.15) is 5.10 Å². The van der Waals surface area contributed by atoms with Gasteiger partial charge in [-0.25, -0.2) is 4.39 Å². The number of benzene rings is 1. The second kappa shape index (κ2) is 5.12. The van der Waals surface area contributed by atoms with Gasteiger partial charge in [0.15, 0.2) is 0 Å². The molecular weight excluding hydrogens is 215 g/mol. The Hall–Kier alpha value is -1.09. The summed E-state index contributed by atoms with van der Waals surface area (Å²) in [5, 5.41) is 3.99. The van der Waals surface area contributed by atoms with E-state index >= 15 is 0 Å². The van der Waals surface area contributed by atoms with Crippen molar-refractivity contribution in [2.45, 2.75) is 20.3 Å². The minimum absolute atomic E-state index is 0.372. The fraction of sp³-hybridized carbons (Fsp3) is 0.364.